The summed E-state index contributed by atoms with van der Waals surface area (Å²) in [7, 11) is 0. The molecule has 2 atom stereocenters. The molecular formula is C49H88O12. The van der Waals surface area contributed by atoms with E-state index in [1.165, 1.54) is 0 Å². The van der Waals surface area contributed by atoms with Gasteiger partial charge in [0.2, 0.25) is 0 Å². The van der Waals surface area contributed by atoms with Crippen LogP contribution in [0.25, 0.3) is 0 Å². The molecule has 0 amide bonds. The average Bonchev–Trinajstić information content (AvgIpc) is 2.97. The van der Waals surface area contributed by atoms with E-state index >= 15 is 0 Å². The van der Waals surface area contributed by atoms with Gasteiger partial charge in [0, 0.05) is 0 Å². The Labute approximate surface area is 370 Å². The summed E-state index contributed by atoms with van der Waals surface area (Å²) in [5, 5.41) is 0. The first-order valence-corrected chi connectivity index (χ1v) is 21.9. The molecule has 2 unspecified atom stereocenters. The zero-order chi connectivity index (χ0) is 48.8. The maximum Gasteiger partial charge on any atom is 0.312 e. The van der Waals surface area contributed by atoms with E-state index in [-0.39, 0.29) is 43.3 Å². The van der Waals surface area contributed by atoms with Crippen molar-refractivity contribution in [2.45, 2.75) is 222 Å². The molecule has 0 rings (SSSR count). The van der Waals surface area contributed by atoms with Crippen LogP contribution in [0.5, 0.6) is 0 Å². The Balaban J connectivity index is 5.99. The Kier molecular flexibility index (Phi) is 19.1. The van der Waals surface area contributed by atoms with Crippen molar-refractivity contribution >= 4 is 35.8 Å². The second-order valence-corrected chi connectivity index (χ2v) is 25.6. The molecule has 0 aliphatic heterocycles. The minimum absolute atomic E-state index is 0.0568. The zero-order valence-corrected chi connectivity index (χ0v) is 43.0. The second-order valence-electron chi connectivity index (χ2n) is 25.6. The minimum Gasteiger partial charge on any atom is -0.461 e. The summed E-state index contributed by atoms with van der Waals surface area (Å²) in [6, 6.07) is 0. The molecule has 0 aromatic heterocycles. The number of esters is 6. The molecule has 0 aromatic carbocycles. The topological polar surface area (TPSA) is 158 Å². The molecule has 0 heterocycles. The predicted octanol–water partition coefficient (Wildman–Crippen LogP) is 10.8. The summed E-state index contributed by atoms with van der Waals surface area (Å²) < 4.78 is 34.9. The fourth-order valence-electron chi connectivity index (χ4n) is 7.57. The number of hydrogen-bond acceptors (Lipinski definition) is 12. The maximum absolute atomic E-state index is 13.9. The number of carbonyl (C=O) groups is 6. The largest absolute Gasteiger partial charge is 0.461 e. The summed E-state index contributed by atoms with van der Waals surface area (Å²) in [6.07, 6.45) is -0.404. The second kappa shape index (κ2) is 20.1. The molecule has 0 saturated heterocycles. The highest BCUT2D eigenvalue weighted by molar-refractivity contribution is 5.82. The van der Waals surface area contributed by atoms with Gasteiger partial charge in [-0.2, -0.15) is 0 Å². The molecule has 0 N–H and O–H groups in total. The highest BCUT2D eigenvalue weighted by Crippen LogP contribution is 2.40. The van der Waals surface area contributed by atoms with Crippen molar-refractivity contribution in [2.24, 2.45) is 43.3 Å². The molecule has 12 heteroatoms. The summed E-state index contributed by atoms with van der Waals surface area (Å²) in [6.45, 7) is 42.9. The highest BCUT2D eigenvalue weighted by Gasteiger charge is 2.46. The van der Waals surface area contributed by atoms with Gasteiger partial charge in [0.25, 0.3) is 0 Å². The Hall–Kier alpha value is -3.18. The first-order chi connectivity index (χ1) is 26.6. The van der Waals surface area contributed by atoms with Crippen molar-refractivity contribution < 1.29 is 57.2 Å². The molecule has 0 radical (unpaired) electrons. The molecule has 61 heavy (non-hydrogen) atoms. The van der Waals surface area contributed by atoms with Crippen molar-refractivity contribution in [3.63, 3.8) is 0 Å². The van der Waals surface area contributed by atoms with Gasteiger partial charge in [-0.05, 0) is 168 Å². The van der Waals surface area contributed by atoms with Crippen molar-refractivity contribution in [1.29, 1.82) is 0 Å². The quantitative estimate of drug-likeness (QED) is 0.0843. The first kappa shape index (κ1) is 57.8. The van der Waals surface area contributed by atoms with Gasteiger partial charge >= 0.3 is 35.8 Å². The fraction of sp³-hybridized carbons (Fsp3) is 0.878. The number of hydrogen-bond donors (Lipinski definition) is 0. The van der Waals surface area contributed by atoms with Gasteiger partial charge in [-0.3, -0.25) is 28.8 Å². The van der Waals surface area contributed by atoms with Crippen LogP contribution in [-0.2, 0) is 57.2 Å². The summed E-state index contributed by atoms with van der Waals surface area (Å²) >= 11 is 0. The van der Waals surface area contributed by atoms with Gasteiger partial charge < -0.3 is 28.4 Å². The van der Waals surface area contributed by atoms with E-state index in [1.807, 2.05) is 41.5 Å². The standard InChI is InChI=1S/C49H88O12/c1-40(2,3)25-32(27-56-34(50)44(13,14)29-48(21,22)38(54)60-42(7,8)9)58-36(52)46(17,18)31-47(19,20)37(53)59-33(26-41(4,5)6)28-57-35(51)45(15,16)30-49(23,24)39(55)61-43(10,11)12/h32-33H,25-31H2,1-24H3. The molecule has 0 aliphatic carbocycles. The molecule has 0 aliphatic rings. The van der Waals surface area contributed by atoms with Crippen LogP contribution >= 0.6 is 0 Å². The van der Waals surface area contributed by atoms with E-state index in [4.69, 9.17) is 28.4 Å². The zero-order valence-electron chi connectivity index (χ0n) is 43.0. The van der Waals surface area contributed by atoms with Crippen molar-refractivity contribution in [3.05, 3.63) is 0 Å². The van der Waals surface area contributed by atoms with Crippen molar-refractivity contribution in [3.8, 4) is 0 Å². The monoisotopic (exact) mass is 869 g/mol. The van der Waals surface area contributed by atoms with Gasteiger partial charge in [0.1, 0.15) is 36.6 Å². The molecule has 0 bridgehead atoms. The van der Waals surface area contributed by atoms with E-state index in [0.29, 0.717) is 12.8 Å². The van der Waals surface area contributed by atoms with Crippen LogP contribution in [0.2, 0.25) is 0 Å². The number of rotatable bonds is 20. The minimum atomic E-state index is -1.17. The first-order valence-electron chi connectivity index (χ1n) is 21.9. The Bertz CT molecular complexity index is 1420. The van der Waals surface area contributed by atoms with Crippen LogP contribution < -0.4 is 0 Å². The smallest absolute Gasteiger partial charge is 0.312 e. The van der Waals surface area contributed by atoms with Crippen LogP contribution in [0.3, 0.4) is 0 Å². The number of ether oxygens (including phenoxy) is 6. The van der Waals surface area contributed by atoms with E-state index in [0.717, 1.165) is 0 Å². The summed E-state index contributed by atoms with van der Waals surface area (Å²) in [5.74, 6) is -3.04. The lowest BCUT2D eigenvalue weighted by molar-refractivity contribution is -0.179. The van der Waals surface area contributed by atoms with E-state index < -0.39 is 91.7 Å². The highest BCUT2D eigenvalue weighted by atomic mass is 16.6. The van der Waals surface area contributed by atoms with Crippen LogP contribution in [-0.4, -0.2) is 72.4 Å². The van der Waals surface area contributed by atoms with E-state index in [1.54, 1.807) is 125 Å². The van der Waals surface area contributed by atoms with Crippen LogP contribution in [0.1, 0.15) is 198 Å². The van der Waals surface area contributed by atoms with Crippen LogP contribution in [0.4, 0.5) is 0 Å². The predicted molar refractivity (Wildman–Crippen MR) is 238 cm³/mol. The Morgan fingerprint density at radius 2 is 0.541 bits per heavy atom. The Morgan fingerprint density at radius 1 is 0.328 bits per heavy atom. The van der Waals surface area contributed by atoms with Crippen LogP contribution in [0.15, 0.2) is 0 Å². The van der Waals surface area contributed by atoms with Crippen LogP contribution in [0, 0.1) is 43.3 Å². The van der Waals surface area contributed by atoms with E-state index in [2.05, 4.69) is 0 Å². The average molecular weight is 869 g/mol. The molecule has 0 fully saturated rings. The fourth-order valence-corrected chi connectivity index (χ4v) is 7.57. The molecule has 356 valence electrons. The number of carbonyl (C=O) groups excluding carboxylic acids is 6. The lowest BCUT2D eigenvalue weighted by atomic mass is 9.74. The van der Waals surface area contributed by atoms with Gasteiger partial charge in [-0.1, -0.05) is 41.5 Å². The third-order valence-corrected chi connectivity index (χ3v) is 9.79. The lowest BCUT2D eigenvalue weighted by Crippen LogP contribution is -2.43. The van der Waals surface area contributed by atoms with Crippen molar-refractivity contribution in [1.82, 2.24) is 0 Å². The van der Waals surface area contributed by atoms with Gasteiger partial charge in [-0.25, -0.2) is 0 Å². The van der Waals surface area contributed by atoms with E-state index in [9.17, 15) is 28.8 Å². The van der Waals surface area contributed by atoms with Gasteiger partial charge in [-0.15, -0.1) is 0 Å². The Morgan fingerprint density at radius 3 is 0.754 bits per heavy atom. The third kappa shape index (κ3) is 21.6. The van der Waals surface area contributed by atoms with Gasteiger partial charge in [0.05, 0.1) is 32.5 Å². The summed E-state index contributed by atoms with van der Waals surface area (Å²) in [5.41, 5.74) is -8.35. The normalized spacial score (nSPS) is 15.0. The molecule has 12 nitrogen and oxygen atoms in total. The molecular weight excluding hydrogens is 781 g/mol. The lowest BCUT2D eigenvalue weighted by Gasteiger charge is -2.36. The van der Waals surface area contributed by atoms with Crippen molar-refractivity contribution in [2.75, 3.05) is 13.2 Å². The molecule has 0 saturated carbocycles. The van der Waals surface area contributed by atoms with Gasteiger partial charge in [0.15, 0.2) is 0 Å². The third-order valence-electron chi connectivity index (χ3n) is 9.79. The summed E-state index contributed by atoms with van der Waals surface area (Å²) in [4.78, 5) is 80.7. The molecule has 0 spiro atoms. The SMILES string of the molecule is CC(C)(C)CC(COC(=O)C(C)(C)CC(C)(C)C(=O)OC(C)(C)C)OC(=O)C(C)(C)CC(C)(C)C(=O)OC(COC(=O)C(C)(C)CC(C)(C)C(=O)OC(C)(C)C)CC(C)(C)C. The molecule has 0 aromatic rings. The maximum atomic E-state index is 13.9.